The number of piperidine rings is 1. The van der Waals surface area contributed by atoms with Crippen LogP contribution in [0, 0.1) is 5.41 Å². The zero-order chi connectivity index (χ0) is 13.5. The Kier molecular flexibility index (Phi) is 3.16. The molecule has 0 unspecified atom stereocenters. The first-order valence-corrected chi connectivity index (χ1v) is 7.58. The summed E-state index contributed by atoms with van der Waals surface area (Å²) < 4.78 is 0. The molecular formula is C15H23NO3. The Morgan fingerprint density at radius 2 is 1.47 bits per heavy atom. The van der Waals surface area contributed by atoms with Gasteiger partial charge >= 0.3 is 0 Å². The van der Waals surface area contributed by atoms with Crippen LogP contribution in [0.1, 0.15) is 64.2 Å². The van der Waals surface area contributed by atoms with Gasteiger partial charge in [-0.15, -0.1) is 0 Å². The number of hydrogen-bond acceptors (Lipinski definition) is 3. The first-order chi connectivity index (χ1) is 9.02. The van der Waals surface area contributed by atoms with E-state index >= 15 is 0 Å². The van der Waals surface area contributed by atoms with Crippen molar-refractivity contribution in [2.45, 2.75) is 69.8 Å². The third-order valence-corrected chi connectivity index (χ3v) is 5.31. The molecule has 2 saturated carbocycles. The molecule has 106 valence electrons. The van der Waals surface area contributed by atoms with Gasteiger partial charge in [-0.2, -0.15) is 0 Å². The molecule has 1 saturated heterocycles. The number of carbonyl (C=O) groups excluding carboxylic acids is 2. The fraction of sp³-hybridized carbons (Fsp3) is 0.867. The predicted octanol–water partition coefficient (Wildman–Crippen LogP) is 2.00. The molecule has 4 heteroatoms. The summed E-state index contributed by atoms with van der Waals surface area (Å²) >= 11 is 0. The number of likely N-dealkylation sites (tertiary alicyclic amines) is 1. The van der Waals surface area contributed by atoms with Crippen molar-refractivity contribution in [2.24, 2.45) is 5.41 Å². The fourth-order valence-electron chi connectivity index (χ4n) is 3.90. The fourth-order valence-corrected chi connectivity index (χ4v) is 3.90. The molecule has 3 aliphatic rings. The van der Waals surface area contributed by atoms with E-state index in [0.29, 0.717) is 12.8 Å². The van der Waals surface area contributed by atoms with Gasteiger partial charge in [0, 0.05) is 12.8 Å². The lowest BCUT2D eigenvalue weighted by atomic mass is 9.67. The van der Waals surface area contributed by atoms with Crippen molar-refractivity contribution in [1.82, 2.24) is 4.90 Å². The SMILES string of the molecule is O=C1CC2(CCCCC2)CC(=O)N1CC1(O)CCC1. The van der Waals surface area contributed by atoms with E-state index in [1.54, 1.807) is 0 Å². The van der Waals surface area contributed by atoms with Gasteiger partial charge in [-0.25, -0.2) is 0 Å². The summed E-state index contributed by atoms with van der Waals surface area (Å²) in [7, 11) is 0. The van der Waals surface area contributed by atoms with E-state index in [0.717, 1.165) is 44.9 Å². The average Bonchev–Trinajstić information content (AvgIpc) is 2.33. The highest BCUT2D eigenvalue weighted by atomic mass is 16.3. The smallest absolute Gasteiger partial charge is 0.229 e. The first kappa shape index (κ1) is 13.1. The Morgan fingerprint density at radius 3 is 1.95 bits per heavy atom. The van der Waals surface area contributed by atoms with Gasteiger partial charge in [-0.3, -0.25) is 14.5 Å². The third-order valence-electron chi connectivity index (χ3n) is 5.31. The number of aliphatic hydroxyl groups is 1. The van der Waals surface area contributed by atoms with Crippen LogP contribution in [0.2, 0.25) is 0 Å². The van der Waals surface area contributed by atoms with Crippen LogP contribution in [0.5, 0.6) is 0 Å². The number of nitrogens with zero attached hydrogens (tertiary/aromatic N) is 1. The van der Waals surface area contributed by atoms with Gasteiger partial charge in [0.1, 0.15) is 0 Å². The van der Waals surface area contributed by atoms with Crippen LogP contribution in [0.15, 0.2) is 0 Å². The molecule has 1 N–H and O–H groups in total. The standard InChI is InChI=1S/C15H23NO3/c17-12-9-14(5-2-1-3-6-14)10-13(18)16(12)11-15(19)7-4-8-15/h19H,1-11H2. The predicted molar refractivity (Wildman–Crippen MR) is 70.3 cm³/mol. The monoisotopic (exact) mass is 265 g/mol. The van der Waals surface area contributed by atoms with Gasteiger partial charge in [0.25, 0.3) is 0 Å². The maximum absolute atomic E-state index is 12.3. The first-order valence-electron chi connectivity index (χ1n) is 7.58. The molecule has 3 rings (SSSR count). The van der Waals surface area contributed by atoms with Gasteiger partial charge in [0.15, 0.2) is 0 Å². The van der Waals surface area contributed by atoms with Crippen LogP contribution in [0.4, 0.5) is 0 Å². The van der Waals surface area contributed by atoms with E-state index < -0.39 is 5.60 Å². The Labute approximate surface area is 114 Å². The van der Waals surface area contributed by atoms with Gasteiger partial charge in [-0.05, 0) is 37.5 Å². The molecular weight excluding hydrogens is 242 g/mol. The van der Waals surface area contributed by atoms with E-state index in [2.05, 4.69) is 0 Å². The molecule has 2 aliphatic carbocycles. The second kappa shape index (κ2) is 4.58. The molecule has 0 aromatic heterocycles. The molecule has 3 fully saturated rings. The number of β-amino-alcohol motifs (C(OH)–C–C–N with tert-alkyl or cyclic N) is 1. The minimum Gasteiger partial charge on any atom is -0.388 e. The number of imide groups is 1. The minimum absolute atomic E-state index is 0.0504. The van der Waals surface area contributed by atoms with Gasteiger partial charge in [0.05, 0.1) is 12.1 Å². The van der Waals surface area contributed by atoms with Crippen LogP contribution >= 0.6 is 0 Å². The van der Waals surface area contributed by atoms with Crippen LogP contribution in [0.3, 0.4) is 0 Å². The minimum atomic E-state index is -0.789. The van der Waals surface area contributed by atoms with Gasteiger partial charge in [-0.1, -0.05) is 19.3 Å². The zero-order valence-corrected chi connectivity index (χ0v) is 11.5. The summed E-state index contributed by atoms with van der Waals surface area (Å²) in [4.78, 5) is 25.9. The molecule has 1 aliphatic heterocycles. The molecule has 0 aromatic carbocycles. The van der Waals surface area contributed by atoms with E-state index in [1.807, 2.05) is 0 Å². The topological polar surface area (TPSA) is 57.6 Å². The van der Waals surface area contributed by atoms with Crippen molar-refractivity contribution < 1.29 is 14.7 Å². The largest absolute Gasteiger partial charge is 0.388 e. The maximum atomic E-state index is 12.3. The van der Waals surface area contributed by atoms with Crippen molar-refractivity contribution >= 4 is 11.8 Å². The Balaban J connectivity index is 1.69. The lowest BCUT2D eigenvalue weighted by molar-refractivity contribution is -0.161. The summed E-state index contributed by atoms with van der Waals surface area (Å²) in [6, 6.07) is 0. The number of rotatable bonds is 2. The maximum Gasteiger partial charge on any atom is 0.229 e. The van der Waals surface area contributed by atoms with E-state index in [9.17, 15) is 14.7 Å². The van der Waals surface area contributed by atoms with Crippen molar-refractivity contribution in [3.05, 3.63) is 0 Å². The van der Waals surface area contributed by atoms with Crippen LogP contribution in [-0.2, 0) is 9.59 Å². The molecule has 0 bridgehead atoms. The number of hydrogen-bond donors (Lipinski definition) is 1. The molecule has 1 spiro atoms. The van der Waals surface area contributed by atoms with Crippen LogP contribution < -0.4 is 0 Å². The lowest BCUT2D eigenvalue weighted by Crippen LogP contribution is -2.56. The van der Waals surface area contributed by atoms with E-state index in [1.165, 1.54) is 11.3 Å². The van der Waals surface area contributed by atoms with Crippen molar-refractivity contribution in [3.8, 4) is 0 Å². The average molecular weight is 265 g/mol. The molecule has 1 heterocycles. The molecule has 4 nitrogen and oxygen atoms in total. The number of carbonyl (C=O) groups is 2. The molecule has 19 heavy (non-hydrogen) atoms. The zero-order valence-electron chi connectivity index (χ0n) is 11.5. The van der Waals surface area contributed by atoms with Crippen LogP contribution in [0.25, 0.3) is 0 Å². The van der Waals surface area contributed by atoms with E-state index in [4.69, 9.17) is 0 Å². The Morgan fingerprint density at radius 1 is 0.895 bits per heavy atom. The van der Waals surface area contributed by atoms with E-state index in [-0.39, 0.29) is 23.8 Å². The molecule has 0 atom stereocenters. The third kappa shape index (κ3) is 2.42. The summed E-state index contributed by atoms with van der Waals surface area (Å²) in [6.45, 7) is 0.223. The number of amides is 2. The van der Waals surface area contributed by atoms with Crippen molar-refractivity contribution in [1.29, 1.82) is 0 Å². The van der Waals surface area contributed by atoms with Crippen molar-refractivity contribution in [2.75, 3.05) is 6.54 Å². The second-order valence-electron chi connectivity index (χ2n) is 6.87. The molecule has 0 radical (unpaired) electrons. The molecule has 2 amide bonds. The summed E-state index contributed by atoms with van der Waals surface area (Å²) in [5.41, 5.74) is -0.840. The van der Waals surface area contributed by atoms with Gasteiger partial charge in [0.2, 0.25) is 11.8 Å². The lowest BCUT2D eigenvalue weighted by Gasteiger charge is -2.46. The summed E-state index contributed by atoms with van der Waals surface area (Å²) in [5.74, 6) is -0.114. The molecule has 0 aromatic rings. The highest BCUT2D eigenvalue weighted by Crippen LogP contribution is 2.46. The summed E-state index contributed by atoms with van der Waals surface area (Å²) in [5, 5.41) is 10.2. The normalized spacial score (nSPS) is 29.4. The highest BCUT2D eigenvalue weighted by Gasteiger charge is 2.47. The quantitative estimate of drug-likeness (QED) is 0.777. The second-order valence-corrected chi connectivity index (χ2v) is 6.87. The summed E-state index contributed by atoms with van der Waals surface area (Å²) in [6.07, 6.45) is 9.00. The Hall–Kier alpha value is -0.900. The van der Waals surface area contributed by atoms with Crippen molar-refractivity contribution in [3.63, 3.8) is 0 Å². The van der Waals surface area contributed by atoms with Crippen LogP contribution in [-0.4, -0.2) is 34.0 Å². The highest BCUT2D eigenvalue weighted by molar-refractivity contribution is 5.98. The van der Waals surface area contributed by atoms with Gasteiger partial charge < -0.3 is 5.11 Å². The Bertz CT molecular complexity index is 374.